The van der Waals surface area contributed by atoms with Gasteiger partial charge in [0, 0.05) is 5.56 Å². The molecule has 0 aromatic heterocycles. The Bertz CT molecular complexity index is 426. The third-order valence-electron chi connectivity index (χ3n) is 2.34. The fourth-order valence-electron chi connectivity index (χ4n) is 1.51. The van der Waals surface area contributed by atoms with Crippen molar-refractivity contribution in [3.63, 3.8) is 0 Å². The molecule has 1 heterocycles. The summed E-state index contributed by atoms with van der Waals surface area (Å²) in [5.41, 5.74) is 2.97. The van der Waals surface area contributed by atoms with Crippen LogP contribution in [0.1, 0.15) is 18.1 Å². The van der Waals surface area contributed by atoms with E-state index in [4.69, 9.17) is 10.00 Å². The average Bonchev–Trinajstić information content (AvgIpc) is 2.27. The van der Waals surface area contributed by atoms with Gasteiger partial charge in [-0.25, -0.2) is 0 Å². The Labute approximate surface area is 83.4 Å². The highest BCUT2D eigenvalue weighted by atomic mass is 16.5. The van der Waals surface area contributed by atoms with Gasteiger partial charge in [-0.1, -0.05) is 13.0 Å². The van der Waals surface area contributed by atoms with Crippen molar-refractivity contribution < 1.29 is 4.74 Å². The number of hydrogen-bond acceptors (Lipinski definition) is 2. The molecule has 0 saturated heterocycles. The molecule has 0 aliphatic carbocycles. The summed E-state index contributed by atoms with van der Waals surface area (Å²) in [5.74, 6) is 0.876. The first-order chi connectivity index (χ1) is 6.83. The van der Waals surface area contributed by atoms with Crippen LogP contribution in [-0.4, -0.2) is 6.61 Å². The molecule has 70 valence electrons. The smallest absolute Gasteiger partial charge is 0.127 e. The third kappa shape index (κ3) is 1.49. The minimum Gasteiger partial charge on any atom is -0.488 e. The SMILES string of the molecule is CCc1ccc2c(c1)C=C(C#N)CO2. The Morgan fingerprint density at radius 2 is 2.36 bits per heavy atom. The molecular weight excluding hydrogens is 174 g/mol. The van der Waals surface area contributed by atoms with Crippen molar-refractivity contribution in [2.24, 2.45) is 0 Å². The third-order valence-corrected chi connectivity index (χ3v) is 2.34. The summed E-state index contributed by atoms with van der Waals surface area (Å²) in [6.45, 7) is 2.51. The maximum atomic E-state index is 8.74. The highest BCUT2D eigenvalue weighted by molar-refractivity contribution is 5.65. The van der Waals surface area contributed by atoms with Gasteiger partial charge in [-0.15, -0.1) is 0 Å². The first-order valence-electron chi connectivity index (χ1n) is 4.70. The Kier molecular flexibility index (Phi) is 2.24. The number of benzene rings is 1. The number of fused-ring (bicyclic) bond motifs is 1. The molecule has 0 unspecified atom stereocenters. The van der Waals surface area contributed by atoms with Crippen molar-refractivity contribution in [2.75, 3.05) is 6.61 Å². The highest BCUT2D eigenvalue weighted by Gasteiger charge is 2.10. The summed E-state index contributed by atoms with van der Waals surface area (Å²) >= 11 is 0. The van der Waals surface area contributed by atoms with Crippen LogP contribution in [0.15, 0.2) is 23.8 Å². The lowest BCUT2D eigenvalue weighted by Gasteiger charge is -2.14. The Morgan fingerprint density at radius 3 is 3.07 bits per heavy atom. The maximum absolute atomic E-state index is 8.74. The van der Waals surface area contributed by atoms with Gasteiger partial charge in [-0.05, 0) is 30.2 Å². The summed E-state index contributed by atoms with van der Waals surface area (Å²) in [6, 6.07) is 8.22. The van der Waals surface area contributed by atoms with Crippen LogP contribution in [-0.2, 0) is 6.42 Å². The summed E-state index contributed by atoms with van der Waals surface area (Å²) < 4.78 is 5.44. The summed E-state index contributed by atoms with van der Waals surface area (Å²) in [6.07, 6.45) is 2.90. The van der Waals surface area contributed by atoms with E-state index in [1.807, 2.05) is 12.1 Å². The first-order valence-corrected chi connectivity index (χ1v) is 4.70. The van der Waals surface area contributed by atoms with Crippen LogP contribution >= 0.6 is 0 Å². The van der Waals surface area contributed by atoms with E-state index >= 15 is 0 Å². The molecule has 1 aliphatic rings. The lowest BCUT2D eigenvalue weighted by Crippen LogP contribution is -2.06. The van der Waals surface area contributed by atoms with Crippen LogP contribution in [0.5, 0.6) is 5.75 Å². The lowest BCUT2D eigenvalue weighted by atomic mass is 10.0. The highest BCUT2D eigenvalue weighted by Crippen LogP contribution is 2.27. The van der Waals surface area contributed by atoms with Crippen LogP contribution in [0.2, 0.25) is 0 Å². The number of hydrogen-bond donors (Lipinski definition) is 0. The van der Waals surface area contributed by atoms with E-state index in [-0.39, 0.29) is 0 Å². The molecule has 1 aromatic carbocycles. The van der Waals surface area contributed by atoms with E-state index in [0.29, 0.717) is 12.2 Å². The summed E-state index contributed by atoms with van der Waals surface area (Å²) in [5, 5.41) is 8.74. The van der Waals surface area contributed by atoms with Crippen LogP contribution in [0, 0.1) is 11.3 Å². The van der Waals surface area contributed by atoms with Crippen LogP contribution in [0.25, 0.3) is 6.08 Å². The Morgan fingerprint density at radius 1 is 1.50 bits per heavy atom. The molecule has 2 heteroatoms. The predicted molar refractivity (Wildman–Crippen MR) is 54.9 cm³/mol. The van der Waals surface area contributed by atoms with Crippen molar-refractivity contribution in [3.05, 3.63) is 34.9 Å². The number of aryl methyl sites for hydroxylation is 1. The van der Waals surface area contributed by atoms with Gasteiger partial charge in [0.2, 0.25) is 0 Å². The molecule has 0 bridgehead atoms. The van der Waals surface area contributed by atoms with E-state index in [9.17, 15) is 0 Å². The van der Waals surface area contributed by atoms with Crippen LogP contribution in [0.3, 0.4) is 0 Å². The van der Waals surface area contributed by atoms with E-state index in [1.165, 1.54) is 5.56 Å². The summed E-state index contributed by atoms with van der Waals surface area (Å²) in [7, 11) is 0. The van der Waals surface area contributed by atoms with Crippen molar-refractivity contribution in [2.45, 2.75) is 13.3 Å². The standard InChI is InChI=1S/C12H11NO/c1-2-9-3-4-12-11(5-9)6-10(7-13)8-14-12/h3-6H,2,8H2,1H3. The van der Waals surface area contributed by atoms with Gasteiger partial charge < -0.3 is 4.74 Å². The molecule has 0 spiro atoms. The van der Waals surface area contributed by atoms with Crippen molar-refractivity contribution in [3.8, 4) is 11.8 Å². The molecule has 0 amide bonds. The molecule has 0 radical (unpaired) electrons. The molecule has 0 atom stereocenters. The zero-order chi connectivity index (χ0) is 9.97. The fourth-order valence-corrected chi connectivity index (χ4v) is 1.51. The second kappa shape index (κ2) is 3.55. The van der Waals surface area contributed by atoms with Crippen molar-refractivity contribution in [1.82, 2.24) is 0 Å². The molecule has 0 N–H and O–H groups in total. The van der Waals surface area contributed by atoms with Gasteiger partial charge in [-0.3, -0.25) is 0 Å². The van der Waals surface area contributed by atoms with E-state index in [0.717, 1.165) is 17.7 Å². The minimum absolute atomic E-state index is 0.398. The van der Waals surface area contributed by atoms with Gasteiger partial charge >= 0.3 is 0 Å². The van der Waals surface area contributed by atoms with Gasteiger partial charge in [0.25, 0.3) is 0 Å². The second-order valence-corrected chi connectivity index (χ2v) is 3.30. The van der Waals surface area contributed by atoms with E-state index in [1.54, 1.807) is 0 Å². The number of nitriles is 1. The van der Waals surface area contributed by atoms with E-state index in [2.05, 4.69) is 25.1 Å². The van der Waals surface area contributed by atoms with Gasteiger partial charge in [0.1, 0.15) is 12.4 Å². The predicted octanol–water partition coefficient (Wildman–Crippen LogP) is 2.55. The number of ether oxygens (including phenoxy) is 1. The molecule has 2 nitrogen and oxygen atoms in total. The fraction of sp³-hybridized carbons (Fsp3) is 0.250. The Balaban J connectivity index is 2.46. The zero-order valence-electron chi connectivity index (χ0n) is 8.08. The zero-order valence-corrected chi connectivity index (χ0v) is 8.08. The number of rotatable bonds is 1. The van der Waals surface area contributed by atoms with Crippen LogP contribution in [0.4, 0.5) is 0 Å². The molecule has 14 heavy (non-hydrogen) atoms. The van der Waals surface area contributed by atoms with E-state index < -0.39 is 0 Å². The van der Waals surface area contributed by atoms with Crippen molar-refractivity contribution in [1.29, 1.82) is 5.26 Å². The molecule has 0 saturated carbocycles. The average molecular weight is 185 g/mol. The van der Waals surface area contributed by atoms with Crippen molar-refractivity contribution >= 4 is 6.08 Å². The van der Waals surface area contributed by atoms with Crippen LogP contribution < -0.4 is 4.74 Å². The molecule has 1 aromatic rings. The quantitative estimate of drug-likeness (QED) is 0.673. The normalized spacial score (nSPS) is 13.6. The molecule has 2 rings (SSSR count). The van der Waals surface area contributed by atoms with Gasteiger partial charge in [-0.2, -0.15) is 5.26 Å². The second-order valence-electron chi connectivity index (χ2n) is 3.30. The maximum Gasteiger partial charge on any atom is 0.127 e. The first kappa shape index (κ1) is 8.83. The molecule has 1 aliphatic heterocycles. The minimum atomic E-state index is 0.398. The molecular formula is C12H11NO. The monoisotopic (exact) mass is 185 g/mol. The molecule has 0 fully saturated rings. The number of nitrogens with zero attached hydrogens (tertiary/aromatic N) is 1. The lowest BCUT2D eigenvalue weighted by molar-refractivity contribution is 0.351. The van der Waals surface area contributed by atoms with Gasteiger partial charge in [0.15, 0.2) is 0 Å². The summed E-state index contributed by atoms with van der Waals surface area (Å²) in [4.78, 5) is 0. The topological polar surface area (TPSA) is 33.0 Å². The van der Waals surface area contributed by atoms with Gasteiger partial charge in [0.05, 0.1) is 11.6 Å². The largest absolute Gasteiger partial charge is 0.488 e. The Hall–Kier alpha value is -1.75.